The number of halogens is 4. The van der Waals surface area contributed by atoms with Gasteiger partial charge in [-0.15, -0.1) is 0 Å². The van der Waals surface area contributed by atoms with E-state index in [-0.39, 0.29) is 13.1 Å². The van der Waals surface area contributed by atoms with Crippen LogP contribution in [0.2, 0.25) is 5.02 Å². The third kappa shape index (κ3) is 5.03. The van der Waals surface area contributed by atoms with Crippen LogP contribution in [0, 0.1) is 0 Å². The van der Waals surface area contributed by atoms with Gasteiger partial charge < -0.3 is 4.74 Å². The molecule has 1 aliphatic rings. The predicted octanol–water partition coefficient (Wildman–Crippen LogP) is 3.87. The van der Waals surface area contributed by atoms with Crippen LogP contribution in [0.15, 0.2) is 47.4 Å². The van der Waals surface area contributed by atoms with Gasteiger partial charge in [0.05, 0.1) is 22.6 Å². The van der Waals surface area contributed by atoms with Gasteiger partial charge in [0, 0.05) is 32.7 Å². The number of piperazine rings is 1. The fourth-order valence-corrected chi connectivity index (χ4v) is 4.82. The van der Waals surface area contributed by atoms with E-state index >= 15 is 0 Å². The summed E-state index contributed by atoms with van der Waals surface area (Å²) in [5.74, 6) is 0.755. The Morgan fingerprint density at radius 1 is 1.03 bits per heavy atom. The van der Waals surface area contributed by atoms with E-state index in [1.807, 2.05) is 24.3 Å². The van der Waals surface area contributed by atoms with Crippen LogP contribution in [0.3, 0.4) is 0 Å². The molecule has 0 unspecified atom stereocenters. The van der Waals surface area contributed by atoms with Crippen molar-refractivity contribution in [3.05, 3.63) is 58.6 Å². The highest BCUT2D eigenvalue weighted by atomic mass is 35.5. The van der Waals surface area contributed by atoms with E-state index in [2.05, 4.69) is 4.90 Å². The number of rotatable bonds is 5. The number of sulfonamides is 1. The second kappa shape index (κ2) is 8.51. The summed E-state index contributed by atoms with van der Waals surface area (Å²) in [4.78, 5) is 1.69. The van der Waals surface area contributed by atoms with Gasteiger partial charge in [0.2, 0.25) is 10.0 Å². The quantitative estimate of drug-likeness (QED) is 0.696. The summed E-state index contributed by atoms with van der Waals surface area (Å²) in [6.45, 7) is 2.00. The van der Waals surface area contributed by atoms with Crippen LogP contribution in [0.25, 0.3) is 0 Å². The Hall–Kier alpha value is -1.81. The molecule has 0 bridgehead atoms. The number of alkyl halides is 3. The third-order valence-electron chi connectivity index (χ3n) is 4.78. The molecule has 3 rings (SSSR count). The normalized spacial score (nSPS) is 16.7. The maximum Gasteiger partial charge on any atom is 0.417 e. The van der Waals surface area contributed by atoms with E-state index in [4.69, 9.17) is 16.3 Å². The largest absolute Gasteiger partial charge is 0.497 e. The van der Waals surface area contributed by atoms with Crippen LogP contribution >= 0.6 is 11.6 Å². The van der Waals surface area contributed by atoms with Crippen LogP contribution in [0.4, 0.5) is 13.2 Å². The molecule has 1 fully saturated rings. The number of methoxy groups -OCH3 is 1. The minimum Gasteiger partial charge on any atom is -0.497 e. The van der Waals surface area contributed by atoms with Crippen molar-refractivity contribution in [1.82, 2.24) is 9.21 Å². The first-order valence-corrected chi connectivity index (χ1v) is 10.7. The van der Waals surface area contributed by atoms with Crippen molar-refractivity contribution in [1.29, 1.82) is 0 Å². The van der Waals surface area contributed by atoms with Gasteiger partial charge >= 0.3 is 6.18 Å². The summed E-state index contributed by atoms with van der Waals surface area (Å²) in [5, 5.41) is -0.527. The molecule has 158 valence electrons. The van der Waals surface area contributed by atoms with E-state index in [0.29, 0.717) is 25.7 Å². The lowest BCUT2D eigenvalue weighted by molar-refractivity contribution is -0.137. The minimum atomic E-state index is -4.72. The minimum absolute atomic E-state index is 0.197. The molecule has 0 radical (unpaired) electrons. The molecule has 2 aromatic rings. The van der Waals surface area contributed by atoms with Gasteiger partial charge in [-0.3, -0.25) is 4.90 Å². The van der Waals surface area contributed by atoms with Crippen LogP contribution in [-0.4, -0.2) is 50.9 Å². The highest BCUT2D eigenvalue weighted by Gasteiger charge is 2.36. The number of benzene rings is 2. The molecule has 2 aromatic carbocycles. The standard InChI is InChI=1S/C19H20ClF3N2O3S/c1-28-15-4-2-14(3-5-15)13-24-8-10-25(11-9-24)29(26,27)16-6-7-18(20)17(12-16)19(21,22)23/h2-7,12H,8-11,13H2,1H3. The zero-order chi connectivity index (χ0) is 21.2. The summed E-state index contributed by atoms with van der Waals surface area (Å²) in [6, 6.07) is 10.3. The van der Waals surface area contributed by atoms with Crippen LogP contribution in [0.5, 0.6) is 5.75 Å². The van der Waals surface area contributed by atoms with Gasteiger partial charge in [-0.2, -0.15) is 17.5 Å². The molecule has 1 aliphatic heterocycles. The second-order valence-electron chi connectivity index (χ2n) is 6.67. The first-order valence-electron chi connectivity index (χ1n) is 8.83. The fourth-order valence-electron chi connectivity index (χ4n) is 3.15. The van der Waals surface area contributed by atoms with Crippen molar-refractivity contribution in [3.8, 4) is 5.75 Å². The molecular formula is C19H20ClF3N2O3S. The van der Waals surface area contributed by atoms with Gasteiger partial charge in [-0.05, 0) is 35.9 Å². The molecule has 0 amide bonds. The maximum absolute atomic E-state index is 13.1. The Balaban J connectivity index is 1.68. The van der Waals surface area contributed by atoms with Gasteiger partial charge in [0.15, 0.2) is 0 Å². The van der Waals surface area contributed by atoms with Gasteiger partial charge in [-0.1, -0.05) is 23.7 Å². The molecule has 0 aliphatic carbocycles. The fraction of sp³-hybridized carbons (Fsp3) is 0.368. The maximum atomic E-state index is 13.1. The Morgan fingerprint density at radius 2 is 1.66 bits per heavy atom. The number of hydrogen-bond acceptors (Lipinski definition) is 4. The number of ether oxygens (including phenoxy) is 1. The molecule has 0 spiro atoms. The monoisotopic (exact) mass is 448 g/mol. The van der Waals surface area contributed by atoms with Crippen LogP contribution < -0.4 is 4.74 Å². The predicted molar refractivity (Wildman–Crippen MR) is 103 cm³/mol. The smallest absolute Gasteiger partial charge is 0.417 e. The lowest BCUT2D eigenvalue weighted by Gasteiger charge is -2.34. The Labute approximate surface area is 172 Å². The van der Waals surface area contributed by atoms with Gasteiger partial charge in [0.25, 0.3) is 0 Å². The summed E-state index contributed by atoms with van der Waals surface area (Å²) >= 11 is 5.59. The number of nitrogens with zero attached hydrogens (tertiary/aromatic N) is 2. The zero-order valence-corrected chi connectivity index (χ0v) is 17.2. The molecule has 0 atom stereocenters. The van der Waals surface area contributed by atoms with Gasteiger partial charge in [0.1, 0.15) is 5.75 Å². The molecule has 29 heavy (non-hydrogen) atoms. The third-order valence-corrected chi connectivity index (χ3v) is 7.00. The average molecular weight is 449 g/mol. The Morgan fingerprint density at radius 3 is 2.21 bits per heavy atom. The summed E-state index contributed by atoms with van der Waals surface area (Å²) in [6.07, 6.45) is -4.72. The molecule has 0 saturated carbocycles. The SMILES string of the molecule is COc1ccc(CN2CCN(S(=O)(=O)c3ccc(Cl)c(C(F)(F)F)c3)CC2)cc1. The highest BCUT2D eigenvalue weighted by Crippen LogP contribution is 2.36. The van der Waals surface area contributed by atoms with E-state index in [1.165, 1.54) is 4.31 Å². The summed E-state index contributed by atoms with van der Waals surface area (Å²) < 4.78 is 71.1. The molecule has 1 heterocycles. The summed E-state index contributed by atoms with van der Waals surface area (Å²) in [7, 11) is -2.45. The lowest BCUT2D eigenvalue weighted by atomic mass is 10.2. The van der Waals surface area contributed by atoms with Crippen molar-refractivity contribution in [3.63, 3.8) is 0 Å². The molecule has 0 N–H and O–H groups in total. The van der Waals surface area contributed by atoms with E-state index in [1.54, 1.807) is 7.11 Å². The topological polar surface area (TPSA) is 49.9 Å². The number of hydrogen-bond donors (Lipinski definition) is 0. The Kier molecular flexibility index (Phi) is 6.42. The molecule has 10 heteroatoms. The summed E-state index contributed by atoms with van der Waals surface area (Å²) in [5.41, 5.74) is -0.0898. The highest BCUT2D eigenvalue weighted by molar-refractivity contribution is 7.89. The lowest BCUT2D eigenvalue weighted by Crippen LogP contribution is -2.48. The van der Waals surface area contributed by atoms with E-state index in [9.17, 15) is 21.6 Å². The van der Waals surface area contributed by atoms with E-state index in [0.717, 1.165) is 23.4 Å². The molecule has 0 aromatic heterocycles. The Bertz CT molecular complexity index is 958. The zero-order valence-electron chi connectivity index (χ0n) is 15.6. The van der Waals surface area contributed by atoms with Crippen molar-refractivity contribution in [2.24, 2.45) is 0 Å². The van der Waals surface area contributed by atoms with E-state index < -0.39 is 31.7 Å². The second-order valence-corrected chi connectivity index (χ2v) is 9.01. The van der Waals surface area contributed by atoms with Crippen molar-refractivity contribution in [2.45, 2.75) is 17.6 Å². The first-order chi connectivity index (χ1) is 13.6. The van der Waals surface area contributed by atoms with Crippen LogP contribution in [-0.2, 0) is 22.7 Å². The van der Waals surface area contributed by atoms with Crippen LogP contribution in [0.1, 0.15) is 11.1 Å². The molecular weight excluding hydrogens is 429 g/mol. The van der Waals surface area contributed by atoms with Crippen molar-refractivity contribution >= 4 is 21.6 Å². The molecule has 5 nitrogen and oxygen atoms in total. The van der Waals surface area contributed by atoms with Gasteiger partial charge in [-0.25, -0.2) is 8.42 Å². The molecule has 1 saturated heterocycles. The van der Waals surface area contributed by atoms with Crippen molar-refractivity contribution < 1.29 is 26.3 Å². The van der Waals surface area contributed by atoms with Crippen molar-refractivity contribution in [2.75, 3.05) is 33.3 Å². The average Bonchev–Trinajstić information content (AvgIpc) is 2.68. The first kappa shape index (κ1) is 21.9.